The van der Waals surface area contributed by atoms with E-state index >= 15 is 0 Å². The highest BCUT2D eigenvalue weighted by molar-refractivity contribution is 7.89. The van der Waals surface area contributed by atoms with E-state index in [-0.39, 0.29) is 34.8 Å². The van der Waals surface area contributed by atoms with E-state index in [1.54, 1.807) is 12.1 Å². The molecule has 0 bridgehead atoms. The predicted octanol–water partition coefficient (Wildman–Crippen LogP) is 1.57. The first kappa shape index (κ1) is 17.9. The van der Waals surface area contributed by atoms with Crippen LogP contribution in [-0.4, -0.2) is 27.0 Å². The molecule has 3 atom stereocenters. The lowest BCUT2D eigenvalue weighted by molar-refractivity contribution is -0.128. The third-order valence-electron chi connectivity index (χ3n) is 4.17. The van der Waals surface area contributed by atoms with Gasteiger partial charge in [-0.1, -0.05) is 26.0 Å². The summed E-state index contributed by atoms with van der Waals surface area (Å²) in [5.41, 5.74) is 0.699. The Hall–Kier alpha value is -1.44. The molecule has 128 valence electrons. The van der Waals surface area contributed by atoms with E-state index in [0.29, 0.717) is 18.6 Å². The zero-order chi connectivity index (χ0) is 17.2. The van der Waals surface area contributed by atoms with Crippen molar-refractivity contribution in [3.05, 3.63) is 29.8 Å². The molecule has 0 unspecified atom stereocenters. The second-order valence-electron chi connectivity index (χ2n) is 6.32. The van der Waals surface area contributed by atoms with Crippen molar-refractivity contribution < 1.29 is 17.9 Å². The Morgan fingerprint density at radius 3 is 2.65 bits per heavy atom. The van der Waals surface area contributed by atoms with E-state index in [2.05, 4.69) is 5.32 Å². The lowest BCUT2D eigenvalue weighted by atomic mass is 9.92. The molecule has 1 saturated heterocycles. The van der Waals surface area contributed by atoms with E-state index in [4.69, 9.17) is 9.88 Å². The van der Waals surface area contributed by atoms with Crippen molar-refractivity contribution in [1.29, 1.82) is 0 Å². The molecule has 0 aromatic heterocycles. The van der Waals surface area contributed by atoms with Gasteiger partial charge in [-0.2, -0.15) is 0 Å². The molecule has 1 amide bonds. The Balaban J connectivity index is 2.10. The van der Waals surface area contributed by atoms with Crippen molar-refractivity contribution >= 4 is 15.9 Å². The molecule has 1 heterocycles. The maximum absolute atomic E-state index is 12.5. The van der Waals surface area contributed by atoms with Crippen molar-refractivity contribution in [2.24, 2.45) is 17.0 Å². The number of benzene rings is 1. The number of ether oxygens (including phenoxy) is 1. The maximum atomic E-state index is 12.5. The first-order valence-electron chi connectivity index (χ1n) is 7.75. The Morgan fingerprint density at radius 1 is 1.35 bits per heavy atom. The lowest BCUT2D eigenvalue weighted by Gasteiger charge is -2.23. The second kappa shape index (κ2) is 6.98. The fourth-order valence-electron chi connectivity index (χ4n) is 2.91. The Morgan fingerprint density at radius 2 is 2.04 bits per heavy atom. The van der Waals surface area contributed by atoms with E-state index in [0.717, 1.165) is 0 Å². The molecule has 0 saturated carbocycles. The molecule has 0 aliphatic carbocycles. The Labute approximate surface area is 137 Å². The Bertz CT molecular complexity index is 672. The highest BCUT2D eigenvalue weighted by Gasteiger charge is 2.36. The molecule has 1 aliphatic heterocycles. The summed E-state index contributed by atoms with van der Waals surface area (Å²) >= 11 is 0. The van der Waals surface area contributed by atoms with Gasteiger partial charge in [0.2, 0.25) is 15.9 Å². The quantitative estimate of drug-likeness (QED) is 0.850. The minimum Gasteiger partial charge on any atom is -0.377 e. The van der Waals surface area contributed by atoms with Gasteiger partial charge in [-0.25, -0.2) is 13.6 Å². The third kappa shape index (κ3) is 4.31. The topological polar surface area (TPSA) is 98.5 Å². The molecule has 1 aromatic rings. The molecule has 23 heavy (non-hydrogen) atoms. The number of carbonyl (C=O) groups excluding carboxylic acids is 1. The van der Waals surface area contributed by atoms with E-state index < -0.39 is 10.0 Å². The van der Waals surface area contributed by atoms with Crippen LogP contribution in [0.25, 0.3) is 0 Å². The zero-order valence-electron chi connectivity index (χ0n) is 13.7. The number of rotatable bonds is 5. The minimum atomic E-state index is -3.76. The highest BCUT2D eigenvalue weighted by atomic mass is 32.2. The number of carbonyl (C=O) groups is 1. The van der Waals surface area contributed by atoms with Crippen molar-refractivity contribution in [3.8, 4) is 0 Å². The number of sulfonamides is 1. The van der Waals surface area contributed by atoms with Crippen LogP contribution in [0.2, 0.25) is 0 Å². The number of hydrogen-bond donors (Lipinski definition) is 2. The summed E-state index contributed by atoms with van der Waals surface area (Å²) < 4.78 is 28.5. The van der Waals surface area contributed by atoms with Crippen LogP contribution in [-0.2, 0) is 19.6 Å². The van der Waals surface area contributed by atoms with Crippen LogP contribution < -0.4 is 10.5 Å². The summed E-state index contributed by atoms with van der Waals surface area (Å²) in [7, 11) is -3.76. The normalized spacial score (nSPS) is 23.0. The monoisotopic (exact) mass is 340 g/mol. The van der Waals surface area contributed by atoms with Crippen LogP contribution in [0.5, 0.6) is 0 Å². The average molecular weight is 340 g/mol. The number of amides is 1. The van der Waals surface area contributed by atoms with Crippen LogP contribution in [0.4, 0.5) is 0 Å². The largest absolute Gasteiger partial charge is 0.377 e. The van der Waals surface area contributed by atoms with Gasteiger partial charge in [0.1, 0.15) is 0 Å². The van der Waals surface area contributed by atoms with E-state index in [1.165, 1.54) is 12.1 Å². The van der Waals surface area contributed by atoms with Crippen LogP contribution in [0.1, 0.15) is 38.8 Å². The fourth-order valence-corrected chi connectivity index (χ4v) is 3.48. The van der Waals surface area contributed by atoms with Gasteiger partial charge in [0, 0.05) is 6.61 Å². The summed E-state index contributed by atoms with van der Waals surface area (Å²) in [6.45, 7) is 6.49. The van der Waals surface area contributed by atoms with Crippen molar-refractivity contribution in [1.82, 2.24) is 5.32 Å². The summed E-state index contributed by atoms with van der Waals surface area (Å²) in [5, 5.41) is 8.09. The number of primary sulfonamides is 1. The van der Waals surface area contributed by atoms with Crippen molar-refractivity contribution in [2.45, 2.75) is 44.2 Å². The van der Waals surface area contributed by atoms with Gasteiger partial charge in [0.25, 0.3) is 0 Å². The molecule has 1 fully saturated rings. The average Bonchev–Trinajstić information content (AvgIpc) is 2.96. The SMILES string of the molecule is CC(C)[C@H]1OCC[C@@H]1C(=O)N[C@@H](C)c1cccc(S(N)(=O)=O)c1. The minimum absolute atomic E-state index is 0.0420. The first-order valence-corrected chi connectivity index (χ1v) is 9.29. The third-order valence-corrected chi connectivity index (χ3v) is 5.09. The Kier molecular flexibility index (Phi) is 5.44. The standard InChI is InChI=1S/C16H24N2O4S/c1-10(2)15-14(7-8-22-15)16(19)18-11(3)12-5-4-6-13(9-12)23(17,20)21/h4-6,9-11,14-15H,7-8H2,1-3H3,(H,18,19)(H2,17,20,21)/t11-,14-,15+/m0/s1. The summed E-state index contributed by atoms with van der Waals surface area (Å²) in [6, 6.07) is 6.01. The molecular formula is C16H24N2O4S. The van der Waals surface area contributed by atoms with Crippen LogP contribution >= 0.6 is 0 Å². The molecule has 1 aliphatic rings. The van der Waals surface area contributed by atoms with Gasteiger partial charge in [-0.05, 0) is 37.0 Å². The van der Waals surface area contributed by atoms with Gasteiger partial charge in [-0.3, -0.25) is 4.79 Å². The number of nitrogens with one attached hydrogen (secondary N) is 1. The van der Waals surface area contributed by atoms with Crippen LogP contribution in [0.15, 0.2) is 29.2 Å². The summed E-state index contributed by atoms with van der Waals surface area (Å²) in [6.07, 6.45) is 0.636. The van der Waals surface area contributed by atoms with Crippen LogP contribution in [0, 0.1) is 11.8 Å². The smallest absolute Gasteiger partial charge is 0.238 e. The second-order valence-corrected chi connectivity index (χ2v) is 7.88. The summed E-state index contributed by atoms with van der Waals surface area (Å²) in [4.78, 5) is 12.5. The fraction of sp³-hybridized carbons (Fsp3) is 0.562. The predicted molar refractivity (Wildman–Crippen MR) is 87.1 cm³/mol. The molecule has 0 spiro atoms. The summed E-state index contributed by atoms with van der Waals surface area (Å²) in [5.74, 6) is 0.0443. The van der Waals surface area contributed by atoms with Gasteiger partial charge in [0.15, 0.2) is 0 Å². The number of nitrogens with two attached hydrogens (primary N) is 1. The van der Waals surface area contributed by atoms with Gasteiger partial charge < -0.3 is 10.1 Å². The molecule has 0 radical (unpaired) electrons. The van der Waals surface area contributed by atoms with Gasteiger partial charge >= 0.3 is 0 Å². The zero-order valence-corrected chi connectivity index (χ0v) is 14.5. The lowest BCUT2D eigenvalue weighted by Crippen LogP contribution is -2.38. The van der Waals surface area contributed by atoms with Crippen molar-refractivity contribution in [3.63, 3.8) is 0 Å². The van der Waals surface area contributed by atoms with E-state index in [9.17, 15) is 13.2 Å². The van der Waals surface area contributed by atoms with Crippen molar-refractivity contribution in [2.75, 3.05) is 6.61 Å². The molecular weight excluding hydrogens is 316 g/mol. The first-order chi connectivity index (χ1) is 10.7. The highest BCUT2D eigenvalue weighted by Crippen LogP contribution is 2.28. The van der Waals surface area contributed by atoms with Gasteiger partial charge in [0.05, 0.1) is 23.0 Å². The molecule has 6 nitrogen and oxygen atoms in total. The van der Waals surface area contributed by atoms with E-state index in [1.807, 2.05) is 20.8 Å². The van der Waals surface area contributed by atoms with Crippen LogP contribution in [0.3, 0.4) is 0 Å². The van der Waals surface area contributed by atoms with Gasteiger partial charge in [-0.15, -0.1) is 0 Å². The molecule has 2 rings (SSSR count). The molecule has 1 aromatic carbocycles. The molecule has 3 N–H and O–H groups in total. The molecule has 7 heteroatoms. The number of hydrogen-bond acceptors (Lipinski definition) is 4. The maximum Gasteiger partial charge on any atom is 0.238 e.